The van der Waals surface area contributed by atoms with Crippen LogP contribution in [0.25, 0.3) is 0 Å². The summed E-state index contributed by atoms with van der Waals surface area (Å²) >= 11 is 6.00. The van der Waals surface area contributed by atoms with E-state index in [1.165, 1.54) is 5.56 Å². The van der Waals surface area contributed by atoms with Crippen LogP contribution in [0.4, 0.5) is 5.69 Å². The molecule has 1 aliphatic rings. The SMILES string of the molecule is Cc1ccc(N(C2CCN(Cc3ccc(Cl)cc3)CC2)S(=O)(=O)c2ccccc2C)cc1. The van der Waals surface area contributed by atoms with Crippen molar-refractivity contribution >= 4 is 27.3 Å². The van der Waals surface area contributed by atoms with Gasteiger partial charge in [-0.25, -0.2) is 8.42 Å². The smallest absolute Gasteiger partial charge is 0.264 e. The minimum atomic E-state index is -3.68. The van der Waals surface area contributed by atoms with Crippen LogP contribution in [-0.2, 0) is 16.6 Å². The fourth-order valence-corrected chi connectivity index (χ4v) is 6.42. The van der Waals surface area contributed by atoms with Gasteiger partial charge < -0.3 is 0 Å². The highest BCUT2D eigenvalue weighted by Crippen LogP contribution is 2.32. The summed E-state index contributed by atoms with van der Waals surface area (Å²) in [5.41, 5.74) is 3.83. The van der Waals surface area contributed by atoms with E-state index in [1.54, 1.807) is 16.4 Å². The maximum absolute atomic E-state index is 13.8. The number of likely N-dealkylation sites (tertiary alicyclic amines) is 1. The second-order valence-corrected chi connectivity index (χ2v) is 10.8. The van der Waals surface area contributed by atoms with Crippen LogP contribution in [0.5, 0.6) is 0 Å². The molecule has 3 aromatic carbocycles. The van der Waals surface area contributed by atoms with Gasteiger partial charge in [0.2, 0.25) is 0 Å². The Morgan fingerprint density at radius 3 is 2.16 bits per heavy atom. The third-order valence-electron chi connectivity index (χ3n) is 6.13. The van der Waals surface area contributed by atoms with Gasteiger partial charge >= 0.3 is 0 Å². The van der Waals surface area contributed by atoms with Crippen molar-refractivity contribution in [1.82, 2.24) is 4.90 Å². The molecule has 4 rings (SSSR count). The predicted octanol–water partition coefficient (Wildman–Crippen LogP) is 5.82. The van der Waals surface area contributed by atoms with Crippen molar-refractivity contribution < 1.29 is 8.42 Å². The topological polar surface area (TPSA) is 40.6 Å². The quantitative estimate of drug-likeness (QED) is 0.458. The van der Waals surface area contributed by atoms with Gasteiger partial charge in [-0.1, -0.05) is 59.6 Å². The number of hydrogen-bond donors (Lipinski definition) is 0. The van der Waals surface area contributed by atoms with Crippen molar-refractivity contribution in [3.8, 4) is 0 Å². The second kappa shape index (κ2) is 9.65. The van der Waals surface area contributed by atoms with E-state index in [0.29, 0.717) is 4.90 Å². The Labute approximate surface area is 196 Å². The molecule has 1 heterocycles. The molecule has 0 amide bonds. The lowest BCUT2D eigenvalue weighted by Gasteiger charge is -2.39. The zero-order valence-electron chi connectivity index (χ0n) is 18.5. The van der Waals surface area contributed by atoms with Crippen LogP contribution < -0.4 is 4.31 Å². The van der Waals surface area contributed by atoms with E-state index in [4.69, 9.17) is 11.6 Å². The van der Waals surface area contributed by atoms with Crippen molar-refractivity contribution in [2.75, 3.05) is 17.4 Å². The summed E-state index contributed by atoms with van der Waals surface area (Å²) in [4.78, 5) is 2.76. The lowest BCUT2D eigenvalue weighted by atomic mass is 10.0. The summed E-state index contributed by atoms with van der Waals surface area (Å²) in [5, 5.41) is 0.739. The van der Waals surface area contributed by atoms with Gasteiger partial charge in [-0.15, -0.1) is 0 Å². The first-order chi connectivity index (χ1) is 15.3. The van der Waals surface area contributed by atoms with E-state index >= 15 is 0 Å². The Morgan fingerprint density at radius 1 is 0.906 bits per heavy atom. The molecule has 0 unspecified atom stereocenters. The van der Waals surface area contributed by atoms with Crippen molar-refractivity contribution in [1.29, 1.82) is 0 Å². The Morgan fingerprint density at radius 2 is 1.53 bits per heavy atom. The molecule has 0 saturated carbocycles. The third-order valence-corrected chi connectivity index (χ3v) is 8.42. The van der Waals surface area contributed by atoms with Crippen LogP contribution in [0.3, 0.4) is 0 Å². The normalized spacial score (nSPS) is 15.6. The van der Waals surface area contributed by atoms with Crippen molar-refractivity contribution in [3.05, 3.63) is 94.5 Å². The van der Waals surface area contributed by atoms with E-state index in [-0.39, 0.29) is 6.04 Å². The molecule has 0 aromatic heterocycles. The minimum absolute atomic E-state index is 0.0798. The lowest BCUT2D eigenvalue weighted by Crippen LogP contribution is -2.47. The molecular formula is C26H29ClN2O2S. The van der Waals surface area contributed by atoms with Gasteiger partial charge in [0, 0.05) is 30.7 Å². The molecule has 1 saturated heterocycles. The molecule has 0 spiro atoms. The summed E-state index contributed by atoms with van der Waals surface area (Å²) in [6.07, 6.45) is 1.57. The van der Waals surface area contributed by atoms with Gasteiger partial charge in [0.15, 0.2) is 0 Å². The van der Waals surface area contributed by atoms with Crippen molar-refractivity contribution in [2.45, 2.75) is 44.2 Å². The third kappa shape index (κ3) is 5.01. The van der Waals surface area contributed by atoms with Gasteiger partial charge in [-0.3, -0.25) is 9.21 Å². The molecular weight excluding hydrogens is 440 g/mol. The van der Waals surface area contributed by atoms with Gasteiger partial charge in [0.05, 0.1) is 10.6 Å². The first-order valence-electron chi connectivity index (χ1n) is 11.0. The molecule has 0 bridgehead atoms. The molecule has 0 aliphatic carbocycles. The average molecular weight is 469 g/mol. The zero-order valence-corrected chi connectivity index (χ0v) is 20.1. The number of hydrogen-bond acceptors (Lipinski definition) is 3. The highest BCUT2D eigenvalue weighted by molar-refractivity contribution is 7.93. The zero-order chi connectivity index (χ0) is 22.7. The van der Waals surface area contributed by atoms with Gasteiger partial charge in [-0.05, 0) is 68.1 Å². The summed E-state index contributed by atoms with van der Waals surface area (Å²) in [6, 6.07) is 22.9. The van der Waals surface area contributed by atoms with Gasteiger partial charge in [0.1, 0.15) is 0 Å². The van der Waals surface area contributed by atoms with E-state index in [0.717, 1.165) is 54.3 Å². The molecule has 0 atom stereocenters. The number of piperidine rings is 1. The Kier molecular flexibility index (Phi) is 6.89. The van der Waals surface area contributed by atoms with Crippen LogP contribution >= 0.6 is 11.6 Å². The van der Waals surface area contributed by atoms with E-state index < -0.39 is 10.0 Å². The highest BCUT2D eigenvalue weighted by atomic mass is 35.5. The maximum Gasteiger partial charge on any atom is 0.264 e. The lowest BCUT2D eigenvalue weighted by molar-refractivity contribution is 0.206. The largest absolute Gasteiger partial charge is 0.299 e. The van der Waals surface area contributed by atoms with Crippen molar-refractivity contribution in [2.24, 2.45) is 0 Å². The highest BCUT2D eigenvalue weighted by Gasteiger charge is 2.34. The van der Waals surface area contributed by atoms with Crippen molar-refractivity contribution in [3.63, 3.8) is 0 Å². The fourth-order valence-electron chi connectivity index (χ4n) is 4.35. The molecule has 0 radical (unpaired) electrons. The average Bonchev–Trinajstić information content (AvgIpc) is 2.78. The monoisotopic (exact) mass is 468 g/mol. The first kappa shape index (κ1) is 22.8. The Bertz CT molecular complexity index is 1150. The number of sulfonamides is 1. The standard InChI is InChI=1S/C26H29ClN2O2S/c1-20-7-13-24(14-8-20)29(32(30,31)26-6-4-3-5-21(26)2)25-15-17-28(18-16-25)19-22-9-11-23(27)12-10-22/h3-14,25H,15-19H2,1-2H3. The number of nitrogens with zero attached hydrogens (tertiary/aromatic N) is 2. The molecule has 1 aliphatic heterocycles. The fraction of sp³-hybridized carbons (Fsp3) is 0.308. The van der Waals surface area contributed by atoms with Crippen LogP contribution in [0, 0.1) is 13.8 Å². The van der Waals surface area contributed by atoms with Crippen LogP contribution in [0.1, 0.15) is 29.5 Å². The van der Waals surface area contributed by atoms with Crippen LogP contribution in [-0.4, -0.2) is 32.4 Å². The summed E-state index contributed by atoms with van der Waals surface area (Å²) in [7, 11) is -3.68. The Balaban J connectivity index is 1.58. The molecule has 4 nitrogen and oxygen atoms in total. The minimum Gasteiger partial charge on any atom is -0.299 e. The number of benzene rings is 3. The Hall–Kier alpha value is -2.34. The predicted molar refractivity (Wildman–Crippen MR) is 132 cm³/mol. The van der Waals surface area contributed by atoms with Crippen LogP contribution in [0.2, 0.25) is 5.02 Å². The molecule has 6 heteroatoms. The van der Waals surface area contributed by atoms with E-state index in [2.05, 4.69) is 17.0 Å². The summed E-state index contributed by atoms with van der Waals surface area (Å²) in [5.74, 6) is 0. The molecule has 3 aromatic rings. The maximum atomic E-state index is 13.8. The van der Waals surface area contributed by atoms with Gasteiger partial charge in [-0.2, -0.15) is 0 Å². The first-order valence-corrected chi connectivity index (χ1v) is 12.8. The molecule has 32 heavy (non-hydrogen) atoms. The summed E-state index contributed by atoms with van der Waals surface area (Å²) < 4.78 is 29.3. The van der Waals surface area contributed by atoms with Gasteiger partial charge in [0.25, 0.3) is 10.0 Å². The number of rotatable bonds is 6. The number of anilines is 1. The van der Waals surface area contributed by atoms with E-state index in [1.807, 2.05) is 62.4 Å². The molecule has 168 valence electrons. The number of aryl methyl sites for hydroxylation is 2. The van der Waals surface area contributed by atoms with Crippen LogP contribution in [0.15, 0.2) is 77.7 Å². The summed E-state index contributed by atoms with van der Waals surface area (Å²) in [6.45, 7) is 6.41. The molecule has 1 fully saturated rings. The molecule has 0 N–H and O–H groups in total. The van der Waals surface area contributed by atoms with E-state index in [9.17, 15) is 8.42 Å². The second-order valence-electron chi connectivity index (χ2n) is 8.54. The number of halogens is 1.